The molecule has 0 spiro atoms. The van der Waals surface area contributed by atoms with Crippen LogP contribution in [0, 0.1) is 5.82 Å². The summed E-state index contributed by atoms with van der Waals surface area (Å²) in [5, 5.41) is 3.77. The zero-order chi connectivity index (χ0) is 18.5. The molecule has 0 radical (unpaired) electrons. The van der Waals surface area contributed by atoms with Crippen molar-refractivity contribution in [3.63, 3.8) is 0 Å². The van der Waals surface area contributed by atoms with Gasteiger partial charge < -0.3 is 19.9 Å². The van der Waals surface area contributed by atoms with E-state index in [9.17, 15) is 4.39 Å². The fraction of sp³-hybridized carbons (Fsp3) is 0.316. The van der Waals surface area contributed by atoms with Crippen molar-refractivity contribution in [2.24, 2.45) is 0 Å². The molecule has 0 amide bonds. The maximum Gasteiger partial charge on any atom is 0.173 e. The standard InChI is InChI=1S/C19H21ClFN3OS/c1-2-25-18-6-4-3-5-17(18)23-9-11-24(12-10-23)19(26)22-14-7-8-15(20)16(21)13-14/h3-8,13H,2,9-12H2,1H3,(H,22,26). The molecular weight excluding hydrogens is 373 g/mol. The Bertz CT molecular complexity index is 781. The van der Waals surface area contributed by atoms with Crippen molar-refractivity contribution in [2.45, 2.75) is 6.92 Å². The van der Waals surface area contributed by atoms with Gasteiger partial charge in [0.15, 0.2) is 5.11 Å². The summed E-state index contributed by atoms with van der Waals surface area (Å²) in [6.45, 7) is 5.85. The number of nitrogens with one attached hydrogen (secondary N) is 1. The molecule has 0 unspecified atom stereocenters. The monoisotopic (exact) mass is 393 g/mol. The fourth-order valence-corrected chi connectivity index (χ4v) is 3.34. The molecule has 1 fully saturated rings. The number of nitrogens with zero attached hydrogens (tertiary/aromatic N) is 2. The number of hydrogen-bond acceptors (Lipinski definition) is 3. The van der Waals surface area contributed by atoms with Crippen molar-refractivity contribution >= 4 is 40.3 Å². The molecule has 0 atom stereocenters. The summed E-state index contributed by atoms with van der Waals surface area (Å²) >= 11 is 11.2. The molecule has 1 saturated heterocycles. The van der Waals surface area contributed by atoms with Crippen LogP contribution in [-0.2, 0) is 0 Å². The maximum atomic E-state index is 13.6. The lowest BCUT2D eigenvalue weighted by Gasteiger charge is -2.38. The third kappa shape index (κ3) is 4.37. The maximum absolute atomic E-state index is 13.6. The van der Waals surface area contributed by atoms with E-state index in [1.54, 1.807) is 6.07 Å². The summed E-state index contributed by atoms with van der Waals surface area (Å²) in [5.74, 6) is 0.442. The van der Waals surface area contributed by atoms with Crippen LogP contribution in [0.4, 0.5) is 15.8 Å². The van der Waals surface area contributed by atoms with Gasteiger partial charge in [-0.2, -0.15) is 0 Å². The number of benzene rings is 2. The van der Waals surface area contributed by atoms with Gasteiger partial charge >= 0.3 is 0 Å². The highest BCUT2D eigenvalue weighted by Gasteiger charge is 2.21. The van der Waals surface area contributed by atoms with Crippen LogP contribution in [0.1, 0.15) is 6.92 Å². The van der Waals surface area contributed by atoms with Crippen molar-refractivity contribution < 1.29 is 9.13 Å². The van der Waals surface area contributed by atoms with Crippen molar-refractivity contribution in [2.75, 3.05) is 43.0 Å². The second kappa shape index (κ2) is 8.56. The zero-order valence-electron chi connectivity index (χ0n) is 14.5. The highest BCUT2D eigenvalue weighted by atomic mass is 35.5. The second-order valence-electron chi connectivity index (χ2n) is 5.93. The molecule has 1 N–H and O–H groups in total. The Kier molecular flexibility index (Phi) is 6.16. The van der Waals surface area contributed by atoms with Gasteiger partial charge in [-0.15, -0.1) is 0 Å². The lowest BCUT2D eigenvalue weighted by atomic mass is 10.2. The van der Waals surface area contributed by atoms with Crippen LogP contribution < -0.4 is 15.0 Å². The number of hydrogen-bond donors (Lipinski definition) is 1. The molecule has 0 bridgehead atoms. The average molecular weight is 394 g/mol. The van der Waals surface area contributed by atoms with Crippen LogP contribution in [0.25, 0.3) is 0 Å². The van der Waals surface area contributed by atoms with Gasteiger partial charge in [-0.3, -0.25) is 0 Å². The van der Waals surface area contributed by atoms with Crippen LogP contribution in [0.5, 0.6) is 5.75 Å². The molecule has 0 aliphatic carbocycles. The zero-order valence-corrected chi connectivity index (χ0v) is 16.1. The van der Waals surface area contributed by atoms with Crippen molar-refractivity contribution in [3.8, 4) is 5.75 Å². The third-order valence-corrected chi connectivity index (χ3v) is 4.91. The molecule has 7 heteroatoms. The highest BCUT2D eigenvalue weighted by molar-refractivity contribution is 7.80. The van der Waals surface area contributed by atoms with E-state index < -0.39 is 5.82 Å². The first-order valence-corrected chi connectivity index (χ1v) is 9.35. The van der Waals surface area contributed by atoms with Crippen LogP contribution in [0.15, 0.2) is 42.5 Å². The number of anilines is 2. The first-order valence-electron chi connectivity index (χ1n) is 8.56. The summed E-state index contributed by atoms with van der Waals surface area (Å²) in [7, 11) is 0. The van der Waals surface area contributed by atoms with Gasteiger partial charge in [0.1, 0.15) is 11.6 Å². The quantitative estimate of drug-likeness (QED) is 0.777. The summed E-state index contributed by atoms with van der Waals surface area (Å²) < 4.78 is 19.3. The number of halogens is 2. The van der Waals surface area contributed by atoms with E-state index in [4.69, 9.17) is 28.6 Å². The van der Waals surface area contributed by atoms with Gasteiger partial charge in [0.25, 0.3) is 0 Å². The van der Waals surface area contributed by atoms with E-state index in [-0.39, 0.29) is 5.02 Å². The number of rotatable bonds is 4. The predicted octanol–water partition coefficient (Wildman–Crippen LogP) is 4.40. The van der Waals surface area contributed by atoms with Crippen LogP contribution in [0.3, 0.4) is 0 Å². The molecule has 0 aromatic heterocycles. The smallest absolute Gasteiger partial charge is 0.173 e. The predicted molar refractivity (Wildman–Crippen MR) is 109 cm³/mol. The largest absolute Gasteiger partial charge is 0.492 e. The van der Waals surface area contributed by atoms with Gasteiger partial charge in [-0.1, -0.05) is 23.7 Å². The minimum atomic E-state index is -0.461. The number of para-hydroxylation sites is 2. The summed E-state index contributed by atoms with van der Waals surface area (Å²) in [4.78, 5) is 4.38. The van der Waals surface area contributed by atoms with Crippen molar-refractivity contribution in [3.05, 3.63) is 53.3 Å². The van der Waals surface area contributed by atoms with E-state index >= 15 is 0 Å². The Labute approximate surface area is 163 Å². The third-order valence-electron chi connectivity index (χ3n) is 4.24. The normalized spacial score (nSPS) is 14.3. The summed E-state index contributed by atoms with van der Waals surface area (Å²) in [6, 6.07) is 12.7. The lowest BCUT2D eigenvalue weighted by Crippen LogP contribution is -2.50. The highest BCUT2D eigenvalue weighted by Crippen LogP contribution is 2.29. The first kappa shape index (κ1) is 18.7. The molecule has 2 aromatic carbocycles. The van der Waals surface area contributed by atoms with Gasteiger partial charge in [-0.25, -0.2) is 4.39 Å². The molecule has 4 nitrogen and oxygen atoms in total. The van der Waals surface area contributed by atoms with Gasteiger partial charge in [0.2, 0.25) is 0 Å². The van der Waals surface area contributed by atoms with E-state index in [0.717, 1.165) is 37.6 Å². The number of thiocarbonyl (C=S) groups is 1. The molecular formula is C19H21ClFN3OS. The molecule has 1 aliphatic rings. The number of piperazine rings is 1. The Hall–Kier alpha value is -2.05. The average Bonchev–Trinajstić information content (AvgIpc) is 2.66. The topological polar surface area (TPSA) is 27.7 Å². The Morgan fingerprint density at radius 2 is 1.92 bits per heavy atom. The van der Waals surface area contributed by atoms with E-state index in [1.165, 1.54) is 12.1 Å². The molecule has 0 saturated carbocycles. The SMILES string of the molecule is CCOc1ccccc1N1CCN(C(=S)Nc2ccc(Cl)c(F)c2)CC1. The van der Waals surface area contributed by atoms with Gasteiger partial charge in [-0.05, 0) is 49.5 Å². The molecule has 2 aromatic rings. The molecule has 26 heavy (non-hydrogen) atoms. The molecule has 3 rings (SSSR count). The van der Waals surface area contributed by atoms with E-state index in [0.29, 0.717) is 17.4 Å². The minimum absolute atomic E-state index is 0.100. The number of ether oxygens (including phenoxy) is 1. The lowest BCUT2D eigenvalue weighted by molar-refractivity contribution is 0.336. The van der Waals surface area contributed by atoms with Crippen LogP contribution >= 0.6 is 23.8 Å². The van der Waals surface area contributed by atoms with E-state index in [1.807, 2.05) is 25.1 Å². The van der Waals surface area contributed by atoms with Gasteiger partial charge in [0, 0.05) is 31.9 Å². The summed E-state index contributed by atoms with van der Waals surface area (Å²) in [6.07, 6.45) is 0. The van der Waals surface area contributed by atoms with Crippen LogP contribution in [0.2, 0.25) is 5.02 Å². The van der Waals surface area contributed by atoms with Crippen molar-refractivity contribution in [1.29, 1.82) is 0 Å². The Morgan fingerprint density at radius 3 is 2.62 bits per heavy atom. The molecule has 138 valence electrons. The summed E-state index contributed by atoms with van der Waals surface area (Å²) in [5.41, 5.74) is 1.70. The Morgan fingerprint density at radius 1 is 1.19 bits per heavy atom. The van der Waals surface area contributed by atoms with Gasteiger partial charge in [0.05, 0.1) is 17.3 Å². The Balaban J connectivity index is 1.59. The minimum Gasteiger partial charge on any atom is -0.492 e. The molecule has 1 heterocycles. The first-order chi connectivity index (χ1) is 12.6. The van der Waals surface area contributed by atoms with E-state index in [2.05, 4.69) is 21.2 Å². The van der Waals surface area contributed by atoms with Crippen molar-refractivity contribution in [1.82, 2.24) is 4.90 Å². The second-order valence-corrected chi connectivity index (χ2v) is 6.73. The fourth-order valence-electron chi connectivity index (χ4n) is 2.92. The molecule has 1 aliphatic heterocycles. The van der Waals surface area contributed by atoms with Crippen LogP contribution in [-0.4, -0.2) is 42.8 Å².